The van der Waals surface area contributed by atoms with Gasteiger partial charge < -0.3 is 14.3 Å². The van der Waals surface area contributed by atoms with Crippen molar-refractivity contribution in [3.05, 3.63) is 101 Å². The largest absolute Gasteiger partial charge is 0.478 e. The van der Waals surface area contributed by atoms with Gasteiger partial charge in [-0.1, -0.05) is 60.7 Å². The van der Waals surface area contributed by atoms with E-state index in [1.807, 2.05) is 55.5 Å². The predicted octanol–water partition coefficient (Wildman–Crippen LogP) is 6.79. The van der Waals surface area contributed by atoms with Gasteiger partial charge in [0.2, 0.25) is 0 Å². The first kappa shape index (κ1) is 20.5. The lowest BCUT2D eigenvalue weighted by Gasteiger charge is -2.09. The van der Waals surface area contributed by atoms with Crippen LogP contribution < -0.4 is 4.74 Å². The summed E-state index contributed by atoms with van der Waals surface area (Å²) in [7, 11) is 0. The van der Waals surface area contributed by atoms with Gasteiger partial charge in [-0.3, -0.25) is 0 Å². The van der Waals surface area contributed by atoms with Crippen LogP contribution in [0.25, 0.3) is 33.1 Å². The lowest BCUT2D eigenvalue weighted by molar-refractivity contribution is 0.0693. The second-order valence-electron chi connectivity index (χ2n) is 7.90. The summed E-state index contributed by atoms with van der Waals surface area (Å²) >= 11 is 0. The Morgan fingerprint density at radius 1 is 0.727 bits per heavy atom. The summed E-state index contributed by atoms with van der Waals surface area (Å²) in [6, 6.07) is 23.6. The number of hydrogen-bond acceptors (Lipinski definition) is 4. The molecule has 1 N–H and O–H groups in total. The van der Waals surface area contributed by atoms with E-state index >= 15 is 0 Å². The topological polar surface area (TPSA) is 76.7 Å². The standard InChI is InChI=1S/C28H20O5/c1-16-8-3-4-9-18(16)28(31)32-24-15-7-14-23-22-13-6-12-21(25(22)33-26(23)24)19-10-5-11-20(17(19)2)27(29)30/h3-15H,1-2H3,(H,29,30). The van der Waals surface area contributed by atoms with Gasteiger partial charge in [-0.2, -0.15) is 0 Å². The number of carbonyl (C=O) groups is 2. The fourth-order valence-corrected chi connectivity index (χ4v) is 4.20. The lowest BCUT2D eigenvalue weighted by Crippen LogP contribution is -2.10. The number of aromatic carboxylic acids is 1. The molecule has 0 radical (unpaired) electrons. The van der Waals surface area contributed by atoms with E-state index in [1.165, 1.54) is 0 Å². The van der Waals surface area contributed by atoms with E-state index in [9.17, 15) is 14.7 Å². The normalized spacial score (nSPS) is 11.1. The van der Waals surface area contributed by atoms with Crippen molar-refractivity contribution < 1.29 is 23.8 Å². The molecule has 0 aliphatic carbocycles. The average Bonchev–Trinajstić information content (AvgIpc) is 3.19. The highest BCUT2D eigenvalue weighted by Gasteiger charge is 2.20. The van der Waals surface area contributed by atoms with Crippen molar-refractivity contribution in [1.29, 1.82) is 0 Å². The first-order valence-electron chi connectivity index (χ1n) is 10.5. The highest BCUT2D eigenvalue weighted by atomic mass is 16.5. The predicted molar refractivity (Wildman–Crippen MR) is 127 cm³/mol. The minimum Gasteiger partial charge on any atom is -0.478 e. The number of carboxylic acids is 1. The fraction of sp³-hybridized carbons (Fsp3) is 0.0714. The number of aryl methyl sites for hydroxylation is 1. The number of ether oxygens (including phenoxy) is 1. The molecule has 1 aromatic heterocycles. The van der Waals surface area contributed by atoms with Crippen LogP contribution in [-0.2, 0) is 0 Å². The van der Waals surface area contributed by atoms with E-state index in [2.05, 4.69) is 0 Å². The van der Waals surface area contributed by atoms with E-state index in [1.54, 1.807) is 37.3 Å². The van der Waals surface area contributed by atoms with Crippen molar-refractivity contribution in [2.75, 3.05) is 0 Å². The minimum absolute atomic E-state index is 0.244. The number of para-hydroxylation sites is 2. The molecule has 5 nitrogen and oxygen atoms in total. The van der Waals surface area contributed by atoms with Crippen molar-refractivity contribution >= 4 is 33.9 Å². The summed E-state index contributed by atoms with van der Waals surface area (Å²) in [6.45, 7) is 3.65. The van der Waals surface area contributed by atoms with Crippen molar-refractivity contribution in [2.45, 2.75) is 13.8 Å². The van der Waals surface area contributed by atoms with Crippen LogP contribution in [0.4, 0.5) is 0 Å². The molecule has 4 aromatic carbocycles. The molecule has 5 rings (SSSR count). The SMILES string of the molecule is Cc1ccccc1C(=O)Oc1cccc2c1oc1c(-c3cccc(C(=O)O)c3C)cccc12. The van der Waals surface area contributed by atoms with Crippen LogP contribution in [0.3, 0.4) is 0 Å². The number of fused-ring (bicyclic) bond motifs is 3. The Hall–Kier alpha value is -4.38. The molecular formula is C28H20O5. The van der Waals surface area contributed by atoms with Gasteiger partial charge in [-0.05, 0) is 48.7 Å². The molecule has 5 heteroatoms. The van der Waals surface area contributed by atoms with Gasteiger partial charge in [0.15, 0.2) is 11.3 Å². The van der Waals surface area contributed by atoms with Gasteiger partial charge in [0.05, 0.1) is 11.1 Å². The maximum absolute atomic E-state index is 12.8. The van der Waals surface area contributed by atoms with E-state index in [0.29, 0.717) is 28.0 Å². The molecule has 0 saturated heterocycles. The Labute approximate surface area is 189 Å². The lowest BCUT2D eigenvalue weighted by atomic mass is 9.95. The molecule has 0 aliphatic heterocycles. The molecule has 0 spiro atoms. The van der Waals surface area contributed by atoms with Gasteiger partial charge >= 0.3 is 11.9 Å². The van der Waals surface area contributed by atoms with Gasteiger partial charge in [-0.15, -0.1) is 0 Å². The van der Waals surface area contributed by atoms with E-state index in [0.717, 1.165) is 27.5 Å². The number of rotatable bonds is 4. The second-order valence-corrected chi connectivity index (χ2v) is 7.90. The average molecular weight is 436 g/mol. The maximum Gasteiger partial charge on any atom is 0.343 e. The molecule has 1 heterocycles. The smallest absolute Gasteiger partial charge is 0.343 e. The summed E-state index contributed by atoms with van der Waals surface area (Å²) in [5.74, 6) is -1.10. The van der Waals surface area contributed by atoms with Gasteiger partial charge in [0.1, 0.15) is 5.58 Å². The molecule has 0 fully saturated rings. The van der Waals surface area contributed by atoms with Crippen LogP contribution in [0.15, 0.2) is 83.3 Å². The van der Waals surface area contributed by atoms with Gasteiger partial charge in [-0.25, -0.2) is 9.59 Å². The number of carbonyl (C=O) groups excluding carboxylic acids is 1. The Morgan fingerprint density at radius 3 is 2.12 bits per heavy atom. The fourth-order valence-electron chi connectivity index (χ4n) is 4.20. The second kappa shape index (κ2) is 7.95. The summed E-state index contributed by atoms with van der Waals surface area (Å²) in [6.07, 6.45) is 0. The number of furan rings is 1. The molecular weight excluding hydrogens is 416 g/mol. The number of carboxylic acid groups (broad SMARTS) is 1. The van der Waals surface area contributed by atoms with Crippen LogP contribution in [0.5, 0.6) is 5.75 Å². The third-order valence-corrected chi connectivity index (χ3v) is 5.91. The van der Waals surface area contributed by atoms with Crippen molar-refractivity contribution in [1.82, 2.24) is 0 Å². The van der Waals surface area contributed by atoms with Crippen molar-refractivity contribution in [3.8, 4) is 16.9 Å². The first-order valence-corrected chi connectivity index (χ1v) is 10.5. The monoisotopic (exact) mass is 436 g/mol. The third kappa shape index (κ3) is 3.44. The highest BCUT2D eigenvalue weighted by molar-refractivity contribution is 6.12. The molecule has 5 aromatic rings. The Morgan fingerprint density at radius 2 is 1.36 bits per heavy atom. The van der Waals surface area contributed by atoms with Crippen LogP contribution in [-0.4, -0.2) is 17.0 Å². The Balaban J connectivity index is 1.67. The molecule has 33 heavy (non-hydrogen) atoms. The third-order valence-electron chi connectivity index (χ3n) is 5.91. The molecule has 0 amide bonds. The Bertz CT molecular complexity index is 1560. The summed E-state index contributed by atoms with van der Waals surface area (Å²) in [5, 5.41) is 11.2. The molecule has 0 atom stereocenters. The zero-order valence-electron chi connectivity index (χ0n) is 18.1. The first-order chi connectivity index (χ1) is 16.0. The molecule has 162 valence electrons. The zero-order chi connectivity index (χ0) is 23.1. The number of esters is 1. The minimum atomic E-state index is -0.975. The van der Waals surface area contributed by atoms with Crippen LogP contribution in [0.1, 0.15) is 31.8 Å². The molecule has 0 saturated carbocycles. The molecule has 0 unspecified atom stereocenters. The Kier molecular flexibility index (Phi) is 4.94. The van der Waals surface area contributed by atoms with Crippen LogP contribution >= 0.6 is 0 Å². The highest BCUT2D eigenvalue weighted by Crippen LogP contribution is 2.40. The van der Waals surface area contributed by atoms with E-state index in [4.69, 9.17) is 9.15 Å². The zero-order valence-corrected chi connectivity index (χ0v) is 18.1. The van der Waals surface area contributed by atoms with E-state index in [-0.39, 0.29) is 5.56 Å². The van der Waals surface area contributed by atoms with Gasteiger partial charge in [0.25, 0.3) is 0 Å². The van der Waals surface area contributed by atoms with Crippen LogP contribution in [0, 0.1) is 13.8 Å². The van der Waals surface area contributed by atoms with Crippen molar-refractivity contribution in [2.24, 2.45) is 0 Å². The maximum atomic E-state index is 12.8. The number of hydrogen-bond donors (Lipinski definition) is 1. The number of benzene rings is 4. The van der Waals surface area contributed by atoms with Gasteiger partial charge in [0, 0.05) is 16.3 Å². The quantitative estimate of drug-likeness (QED) is 0.248. The summed E-state index contributed by atoms with van der Waals surface area (Å²) < 4.78 is 12.0. The van der Waals surface area contributed by atoms with E-state index < -0.39 is 11.9 Å². The molecule has 0 bridgehead atoms. The summed E-state index contributed by atoms with van der Waals surface area (Å²) in [5.41, 5.74) is 4.85. The van der Waals surface area contributed by atoms with Crippen LogP contribution in [0.2, 0.25) is 0 Å². The summed E-state index contributed by atoms with van der Waals surface area (Å²) in [4.78, 5) is 24.4. The van der Waals surface area contributed by atoms with Crippen molar-refractivity contribution in [3.63, 3.8) is 0 Å². The molecule has 0 aliphatic rings.